The van der Waals surface area contributed by atoms with Gasteiger partial charge in [-0.3, -0.25) is 0 Å². The second-order valence-electron chi connectivity index (χ2n) is 18.1. The molecule has 320 valence electrons. The van der Waals surface area contributed by atoms with Crippen LogP contribution in [-0.4, -0.2) is 13.2 Å². The predicted molar refractivity (Wildman–Crippen MR) is 277 cm³/mol. The summed E-state index contributed by atoms with van der Waals surface area (Å²) >= 11 is 0. The Balaban J connectivity index is 0.975. The molecule has 2 nitrogen and oxygen atoms in total. The van der Waals surface area contributed by atoms with Crippen molar-refractivity contribution < 1.29 is 9.47 Å². The van der Waals surface area contributed by atoms with Crippen LogP contribution < -0.4 is 9.47 Å². The van der Waals surface area contributed by atoms with E-state index in [4.69, 9.17) is 9.47 Å². The van der Waals surface area contributed by atoms with Crippen molar-refractivity contribution in [2.24, 2.45) is 0 Å². The molecule has 2 heteroatoms. The quantitative estimate of drug-likeness (QED) is 0.121. The lowest BCUT2D eigenvalue weighted by Crippen LogP contribution is -2.28. The average Bonchev–Trinajstić information content (AvgIpc) is 3.86. The van der Waals surface area contributed by atoms with Crippen LogP contribution in [0.15, 0.2) is 243 Å². The van der Waals surface area contributed by atoms with Crippen LogP contribution in [0.3, 0.4) is 0 Å². The molecule has 67 heavy (non-hydrogen) atoms. The van der Waals surface area contributed by atoms with Crippen molar-refractivity contribution >= 4 is 21.5 Å². The fraction of sp³-hybridized carbons (Fsp3) is 0.0769. The molecule has 0 N–H and O–H groups in total. The summed E-state index contributed by atoms with van der Waals surface area (Å²) in [5, 5.41) is 4.64. The van der Waals surface area contributed by atoms with Gasteiger partial charge in [0.1, 0.15) is 24.7 Å². The third-order valence-corrected chi connectivity index (χ3v) is 14.2. The monoisotopic (exact) mass is 860 g/mol. The minimum atomic E-state index is -0.534. The van der Waals surface area contributed by atoms with Crippen LogP contribution in [0.5, 0.6) is 11.5 Å². The molecular formula is C65H48O2. The van der Waals surface area contributed by atoms with E-state index in [9.17, 15) is 0 Å². The summed E-state index contributed by atoms with van der Waals surface area (Å²) in [7, 11) is 0. The van der Waals surface area contributed by atoms with Crippen molar-refractivity contribution in [1.82, 2.24) is 0 Å². The molecular weight excluding hydrogens is 813 g/mol. The van der Waals surface area contributed by atoms with E-state index in [0.29, 0.717) is 13.2 Å². The van der Waals surface area contributed by atoms with Crippen molar-refractivity contribution in [3.8, 4) is 44.9 Å². The van der Waals surface area contributed by atoms with E-state index in [2.05, 4.69) is 232 Å². The van der Waals surface area contributed by atoms with Crippen LogP contribution in [0.4, 0.5) is 0 Å². The smallest absolute Gasteiger partial charge is 0.120 e. The van der Waals surface area contributed by atoms with E-state index in [0.717, 1.165) is 27.8 Å². The first-order valence-electron chi connectivity index (χ1n) is 23.2. The zero-order valence-corrected chi connectivity index (χ0v) is 37.5. The van der Waals surface area contributed by atoms with E-state index >= 15 is 0 Å². The highest BCUT2D eigenvalue weighted by molar-refractivity contribution is 5.92. The molecule has 0 saturated carbocycles. The van der Waals surface area contributed by atoms with E-state index in [-0.39, 0.29) is 0 Å². The Kier molecular flexibility index (Phi) is 9.66. The lowest BCUT2D eigenvalue weighted by molar-refractivity contribution is 0.353. The van der Waals surface area contributed by atoms with Crippen LogP contribution in [-0.2, 0) is 10.8 Å². The average molecular weight is 861 g/mol. The van der Waals surface area contributed by atoms with Gasteiger partial charge in [-0.2, -0.15) is 0 Å². The third-order valence-electron chi connectivity index (χ3n) is 14.2. The van der Waals surface area contributed by atoms with Gasteiger partial charge in [-0.25, -0.2) is 0 Å². The van der Waals surface area contributed by atoms with Crippen LogP contribution in [0, 0.1) is 0 Å². The molecule has 0 aromatic heterocycles. The summed E-state index contributed by atoms with van der Waals surface area (Å²) in [6.45, 7) is 10.8. The SMILES string of the molecule is C=CCOc1ccc2cc(C3(c4ccc(-c5ccc(C6(c7ccc8ccc(OCC(=C)C)cc8c7)c7ccccc7-c7ccccc76)cc5)cc4)c4ccccc4-c4ccccc43)ccc2c1. The van der Waals surface area contributed by atoms with Gasteiger partial charge in [0.15, 0.2) is 0 Å². The molecule has 0 radical (unpaired) electrons. The molecule has 12 rings (SSSR count). The number of ether oxygens (including phenoxy) is 2. The van der Waals surface area contributed by atoms with Crippen LogP contribution in [0.1, 0.15) is 51.4 Å². The first-order valence-corrected chi connectivity index (χ1v) is 23.2. The Labute approximate surface area is 392 Å². The van der Waals surface area contributed by atoms with E-state index in [1.807, 2.05) is 6.92 Å². The Hall–Kier alpha value is -8.20. The van der Waals surface area contributed by atoms with Crippen molar-refractivity contribution in [1.29, 1.82) is 0 Å². The zero-order valence-electron chi connectivity index (χ0n) is 37.5. The van der Waals surface area contributed by atoms with Crippen LogP contribution >= 0.6 is 0 Å². The molecule has 0 spiro atoms. The van der Waals surface area contributed by atoms with Crippen LogP contribution in [0.2, 0.25) is 0 Å². The minimum absolute atomic E-state index is 0.476. The fourth-order valence-corrected chi connectivity index (χ4v) is 11.3. The van der Waals surface area contributed by atoms with Gasteiger partial charge in [0.25, 0.3) is 0 Å². The second-order valence-corrected chi connectivity index (χ2v) is 18.1. The maximum Gasteiger partial charge on any atom is 0.120 e. The molecule has 0 unspecified atom stereocenters. The maximum atomic E-state index is 6.14. The van der Waals surface area contributed by atoms with Crippen molar-refractivity contribution in [3.05, 3.63) is 288 Å². The Morgan fingerprint density at radius 1 is 0.403 bits per heavy atom. The van der Waals surface area contributed by atoms with E-state index in [1.165, 1.54) is 88.7 Å². The lowest BCUT2D eigenvalue weighted by Gasteiger charge is -2.34. The van der Waals surface area contributed by atoms with Crippen molar-refractivity contribution in [2.75, 3.05) is 13.2 Å². The first kappa shape index (κ1) is 40.3. The predicted octanol–water partition coefficient (Wildman–Crippen LogP) is 15.9. The summed E-state index contributed by atoms with van der Waals surface area (Å²) in [5.41, 5.74) is 17.5. The molecule has 0 fully saturated rings. The lowest BCUT2D eigenvalue weighted by atomic mass is 9.67. The molecule has 0 bridgehead atoms. The zero-order chi connectivity index (χ0) is 45.1. The minimum Gasteiger partial charge on any atom is -0.490 e. The summed E-state index contributed by atoms with van der Waals surface area (Å²) in [6.07, 6.45) is 1.78. The molecule has 2 aliphatic rings. The highest BCUT2D eigenvalue weighted by Gasteiger charge is 2.47. The molecule has 10 aromatic rings. The third kappa shape index (κ3) is 6.32. The van der Waals surface area contributed by atoms with Gasteiger partial charge in [-0.1, -0.05) is 201 Å². The Morgan fingerprint density at radius 2 is 0.776 bits per heavy atom. The van der Waals surface area contributed by atoms with Gasteiger partial charge < -0.3 is 9.47 Å². The highest BCUT2D eigenvalue weighted by atomic mass is 16.5. The largest absolute Gasteiger partial charge is 0.490 e. The number of benzene rings is 10. The first-order chi connectivity index (χ1) is 33.0. The van der Waals surface area contributed by atoms with E-state index in [1.54, 1.807) is 6.08 Å². The van der Waals surface area contributed by atoms with Crippen molar-refractivity contribution in [3.63, 3.8) is 0 Å². The van der Waals surface area contributed by atoms with Gasteiger partial charge in [-0.15, -0.1) is 0 Å². The second kappa shape index (κ2) is 16.0. The maximum absolute atomic E-state index is 6.14. The molecule has 0 atom stereocenters. The molecule has 0 heterocycles. The Morgan fingerprint density at radius 3 is 1.25 bits per heavy atom. The van der Waals surface area contributed by atoms with Gasteiger partial charge in [-0.05, 0) is 148 Å². The number of rotatable bonds is 11. The molecule has 0 amide bonds. The normalized spacial score (nSPS) is 13.6. The summed E-state index contributed by atoms with van der Waals surface area (Å²) in [6, 6.07) is 81.0. The molecule has 0 saturated heterocycles. The molecule has 2 aliphatic carbocycles. The standard InChI is InChI=1S/C65H48O2/c1-4-37-66-54-36-28-47-38-52(34-26-48(47)40-54)64(60-17-9-5-13-56(60)57-14-6-10-18-61(57)64)50-29-21-44(22-30-50)45-23-31-51(32-24-45)65(62-19-11-7-15-58(62)59-16-8-12-20-63(59)65)53-33-25-46-27-35-55(41-49(46)39-53)67-42-43(2)3/h4-36,38-41H,1-2,37,42H2,3H3. The Bertz CT molecular complexity index is 3480. The summed E-state index contributed by atoms with van der Waals surface area (Å²) < 4.78 is 12.1. The fourth-order valence-electron chi connectivity index (χ4n) is 11.3. The molecule has 0 aliphatic heterocycles. The summed E-state index contributed by atoms with van der Waals surface area (Å²) in [4.78, 5) is 0. The topological polar surface area (TPSA) is 18.5 Å². The summed E-state index contributed by atoms with van der Waals surface area (Å²) in [5.74, 6) is 1.69. The van der Waals surface area contributed by atoms with Crippen molar-refractivity contribution in [2.45, 2.75) is 17.8 Å². The van der Waals surface area contributed by atoms with E-state index < -0.39 is 10.8 Å². The molecule has 10 aromatic carbocycles. The van der Waals surface area contributed by atoms with Gasteiger partial charge in [0.2, 0.25) is 0 Å². The van der Waals surface area contributed by atoms with Gasteiger partial charge in [0, 0.05) is 0 Å². The number of hydrogen-bond donors (Lipinski definition) is 0. The van der Waals surface area contributed by atoms with Crippen LogP contribution in [0.25, 0.3) is 54.9 Å². The number of hydrogen-bond acceptors (Lipinski definition) is 2. The van der Waals surface area contributed by atoms with Gasteiger partial charge in [0.05, 0.1) is 10.8 Å². The highest BCUT2D eigenvalue weighted by Crippen LogP contribution is 2.58. The number of fused-ring (bicyclic) bond motifs is 8. The van der Waals surface area contributed by atoms with Gasteiger partial charge >= 0.3 is 0 Å².